The maximum absolute atomic E-state index is 13.0. The molecule has 1 atom stereocenters. The number of esters is 1. The Labute approximate surface area is 200 Å². The molecule has 0 saturated heterocycles. The van der Waals surface area contributed by atoms with Gasteiger partial charge in [-0.3, -0.25) is 4.79 Å². The number of amides is 1. The van der Waals surface area contributed by atoms with Crippen molar-refractivity contribution in [2.75, 3.05) is 6.61 Å². The second kappa shape index (κ2) is 12.1. The summed E-state index contributed by atoms with van der Waals surface area (Å²) in [5.41, 5.74) is 3.85. The standard InChI is InChI=1S/C26H33N5O3/c1-5-9-24(32)31(23(16-18(3)4)26(33)34-6-2)17-19-12-14-20(15-13-19)21-10-7-8-11-22(21)25-27-29-30-28-25/h7-8,10-15,18,23H,5-6,9,16-17H2,1-4H3,(H,27,28,29,30)/t23-/m0/s1. The summed E-state index contributed by atoms with van der Waals surface area (Å²) in [5.74, 6) is 0.470. The van der Waals surface area contributed by atoms with Gasteiger partial charge in [0.25, 0.3) is 0 Å². The molecule has 0 bridgehead atoms. The van der Waals surface area contributed by atoms with Crippen molar-refractivity contribution in [3.63, 3.8) is 0 Å². The Morgan fingerprint density at radius 3 is 2.32 bits per heavy atom. The molecule has 2 aromatic carbocycles. The van der Waals surface area contributed by atoms with Gasteiger partial charge < -0.3 is 9.64 Å². The molecule has 3 rings (SSSR count). The zero-order valence-electron chi connectivity index (χ0n) is 20.3. The van der Waals surface area contributed by atoms with E-state index in [2.05, 4.69) is 20.6 Å². The highest BCUT2D eigenvalue weighted by Gasteiger charge is 2.31. The summed E-state index contributed by atoms with van der Waals surface area (Å²) in [4.78, 5) is 27.5. The normalized spacial score (nSPS) is 11.9. The smallest absolute Gasteiger partial charge is 0.328 e. The predicted molar refractivity (Wildman–Crippen MR) is 130 cm³/mol. The van der Waals surface area contributed by atoms with Gasteiger partial charge in [-0.2, -0.15) is 0 Å². The minimum Gasteiger partial charge on any atom is -0.464 e. The van der Waals surface area contributed by atoms with Crippen LogP contribution in [0.1, 0.15) is 52.5 Å². The van der Waals surface area contributed by atoms with Crippen LogP contribution in [0.4, 0.5) is 0 Å². The number of hydrogen-bond acceptors (Lipinski definition) is 6. The molecular formula is C26H33N5O3. The fourth-order valence-corrected chi connectivity index (χ4v) is 3.97. The molecular weight excluding hydrogens is 430 g/mol. The molecule has 180 valence electrons. The average Bonchev–Trinajstić information content (AvgIpc) is 3.37. The Kier molecular flexibility index (Phi) is 8.90. The van der Waals surface area contributed by atoms with Gasteiger partial charge in [0.2, 0.25) is 5.91 Å². The molecule has 0 aliphatic heterocycles. The third-order valence-electron chi connectivity index (χ3n) is 5.56. The van der Waals surface area contributed by atoms with E-state index in [1.54, 1.807) is 11.8 Å². The Hall–Kier alpha value is -3.55. The maximum atomic E-state index is 13.0. The zero-order chi connectivity index (χ0) is 24.5. The molecule has 0 saturated carbocycles. The number of aromatic nitrogens is 4. The lowest BCUT2D eigenvalue weighted by Gasteiger charge is -2.31. The molecule has 0 spiro atoms. The Morgan fingerprint density at radius 1 is 1.03 bits per heavy atom. The average molecular weight is 464 g/mol. The highest BCUT2D eigenvalue weighted by molar-refractivity contribution is 5.85. The largest absolute Gasteiger partial charge is 0.464 e. The van der Waals surface area contributed by atoms with Crippen LogP contribution in [0.3, 0.4) is 0 Å². The van der Waals surface area contributed by atoms with E-state index in [0.717, 1.165) is 28.7 Å². The molecule has 3 aromatic rings. The van der Waals surface area contributed by atoms with E-state index in [1.165, 1.54) is 0 Å². The van der Waals surface area contributed by atoms with E-state index in [9.17, 15) is 9.59 Å². The molecule has 1 heterocycles. The van der Waals surface area contributed by atoms with E-state index in [0.29, 0.717) is 25.2 Å². The molecule has 0 fully saturated rings. The summed E-state index contributed by atoms with van der Waals surface area (Å²) < 4.78 is 5.33. The van der Waals surface area contributed by atoms with Gasteiger partial charge in [-0.1, -0.05) is 69.3 Å². The van der Waals surface area contributed by atoms with Gasteiger partial charge in [-0.05, 0) is 52.8 Å². The summed E-state index contributed by atoms with van der Waals surface area (Å²) in [5, 5.41) is 14.2. The van der Waals surface area contributed by atoms with Gasteiger partial charge in [0.05, 0.1) is 6.61 Å². The quantitative estimate of drug-likeness (QED) is 0.416. The number of carbonyl (C=O) groups is 2. The van der Waals surface area contributed by atoms with Gasteiger partial charge in [-0.25, -0.2) is 9.89 Å². The Balaban J connectivity index is 1.88. The molecule has 0 aliphatic carbocycles. The first-order valence-electron chi connectivity index (χ1n) is 11.8. The number of nitrogens with zero attached hydrogens (tertiary/aromatic N) is 4. The lowest BCUT2D eigenvalue weighted by Crippen LogP contribution is -2.46. The first-order chi connectivity index (χ1) is 16.4. The lowest BCUT2D eigenvalue weighted by atomic mass is 9.97. The third-order valence-corrected chi connectivity index (χ3v) is 5.56. The SMILES string of the molecule is CCCC(=O)N(Cc1ccc(-c2ccccc2-c2nnn[nH]2)cc1)[C@@H](CC(C)C)C(=O)OCC. The number of carbonyl (C=O) groups excluding carboxylic acids is 2. The van der Waals surface area contributed by atoms with Crippen LogP contribution in [0.2, 0.25) is 0 Å². The minimum absolute atomic E-state index is 0.0338. The summed E-state index contributed by atoms with van der Waals surface area (Å²) >= 11 is 0. The first kappa shape index (κ1) is 25.1. The second-order valence-corrected chi connectivity index (χ2v) is 8.66. The number of hydrogen-bond donors (Lipinski definition) is 1. The monoisotopic (exact) mass is 463 g/mol. The number of nitrogens with one attached hydrogen (secondary N) is 1. The van der Waals surface area contributed by atoms with Gasteiger partial charge >= 0.3 is 5.97 Å². The van der Waals surface area contributed by atoms with Crippen molar-refractivity contribution in [3.05, 3.63) is 54.1 Å². The fourth-order valence-electron chi connectivity index (χ4n) is 3.97. The minimum atomic E-state index is -0.599. The lowest BCUT2D eigenvalue weighted by molar-refractivity contribution is -0.156. The Bertz CT molecular complexity index is 1060. The van der Waals surface area contributed by atoms with Crippen molar-refractivity contribution in [3.8, 4) is 22.5 Å². The van der Waals surface area contributed by atoms with Crippen LogP contribution < -0.4 is 0 Å². The topological polar surface area (TPSA) is 101 Å². The molecule has 8 nitrogen and oxygen atoms in total. The maximum Gasteiger partial charge on any atom is 0.328 e. The number of aromatic amines is 1. The third kappa shape index (κ3) is 6.27. The highest BCUT2D eigenvalue weighted by atomic mass is 16.5. The number of tetrazole rings is 1. The first-order valence-corrected chi connectivity index (χ1v) is 11.8. The molecule has 1 amide bonds. The van der Waals surface area contributed by atoms with Crippen molar-refractivity contribution in [1.29, 1.82) is 0 Å². The van der Waals surface area contributed by atoms with Gasteiger partial charge in [-0.15, -0.1) is 5.10 Å². The van der Waals surface area contributed by atoms with Crippen molar-refractivity contribution >= 4 is 11.9 Å². The van der Waals surface area contributed by atoms with E-state index in [4.69, 9.17) is 4.74 Å². The van der Waals surface area contributed by atoms with Crippen LogP contribution in [0.15, 0.2) is 48.5 Å². The summed E-state index contributed by atoms with van der Waals surface area (Å²) in [6, 6.07) is 15.3. The van der Waals surface area contributed by atoms with Gasteiger partial charge in [0, 0.05) is 18.5 Å². The van der Waals surface area contributed by atoms with Crippen LogP contribution in [-0.4, -0.2) is 50.0 Å². The van der Waals surface area contributed by atoms with Crippen molar-refractivity contribution in [2.24, 2.45) is 5.92 Å². The number of ether oxygens (including phenoxy) is 1. The molecule has 34 heavy (non-hydrogen) atoms. The molecule has 0 aliphatic rings. The Morgan fingerprint density at radius 2 is 1.74 bits per heavy atom. The van der Waals surface area contributed by atoms with Crippen molar-refractivity contribution < 1.29 is 14.3 Å². The summed E-state index contributed by atoms with van der Waals surface area (Å²) in [7, 11) is 0. The fraction of sp³-hybridized carbons (Fsp3) is 0.423. The molecule has 1 aromatic heterocycles. The zero-order valence-corrected chi connectivity index (χ0v) is 20.3. The summed E-state index contributed by atoms with van der Waals surface area (Å²) in [6.45, 7) is 8.49. The summed E-state index contributed by atoms with van der Waals surface area (Å²) in [6.07, 6.45) is 1.68. The van der Waals surface area contributed by atoms with Gasteiger partial charge in [0.15, 0.2) is 5.82 Å². The van der Waals surface area contributed by atoms with Crippen LogP contribution in [0, 0.1) is 5.92 Å². The number of H-pyrrole nitrogens is 1. The molecule has 0 unspecified atom stereocenters. The molecule has 8 heteroatoms. The molecule has 0 radical (unpaired) electrons. The highest BCUT2D eigenvalue weighted by Crippen LogP contribution is 2.30. The van der Waals surface area contributed by atoms with Gasteiger partial charge in [0.1, 0.15) is 6.04 Å². The number of rotatable bonds is 11. The van der Waals surface area contributed by atoms with E-state index >= 15 is 0 Å². The van der Waals surface area contributed by atoms with Crippen LogP contribution in [0.25, 0.3) is 22.5 Å². The van der Waals surface area contributed by atoms with Crippen molar-refractivity contribution in [1.82, 2.24) is 25.5 Å². The second-order valence-electron chi connectivity index (χ2n) is 8.66. The number of benzene rings is 2. The van der Waals surface area contributed by atoms with E-state index in [1.807, 2.05) is 69.3 Å². The van der Waals surface area contributed by atoms with Crippen LogP contribution >= 0.6 is 0 Å². The van der Waals surface area contributed by atoms with Crippen LogP contribution in [0.5, 0.6) is 0 Å². The van der Waals surface area contributed by atoms with E-state index < -0.39 is 6.04 Å². The van der Waals surface area contributed by atoms with Crippen LogP contribution in [-0.2, 0) is 20.9 Å². The predicted octanol–water partition coefficient (Wildman–Crippen LogP) is 4.64. The van der Waals surface area contributed by atoms with Crippen molar-refractivity contribution in [2.45, 2.75) is 59.5 Å². The molecule has 1 N–H and O–H groups in total. The van der Waals surface area contributed by atoms with E-state index in [-0.39, 0.29) is 24.4 Å².